The van der Waals surface area contributed by atoms with Crippen LogP contribution in [0.25, 0.3) is 33.3 Å². The summed E-state index contributed by atoms with van der Waals surface area (Å²) in [6.07, 6.45) is 0. The van der Waals surface area contributed by atoms with Gasteiger partial charge in [0.05, 0.1) is 10.8 Å². The molecule has 0 saturated heterocycles. The number of aromatic nitrogens is 2. The summed E-state index contributed by atoms with van der Waals surface area (Å²) >= 11 is 0. The van der Waals surface area contributed by atoms with Gasteiger partial charge in [0.2, 0.25) is 0 Å². The zero-order chi connectivity index (χ0) is 21.7. The number of nitrogens with zero attached hydrogens (tertiary/aromatic N) is 2. The molecular formula is C24H18F4N2. The summed E-state index contributed by atoms with van der Waals surface area (Å²) in [4.78, 5) is 0. The summed E-state index contributed by atoms with van der Waals surface area (Å²) < 4.78 is 58.4. The van der Waals surface area contributed by atoms with Crippen LogP contribution in [0, 0.1) is 51.0 Å². The maximum atomic E-state index is 15.0. The second kappa shape index (κ2) is 7.20. The van der Waals surface area contributed by atoms with Crippen molar-refractivity contribution >= 4 is 10.8 Å². The summed E-state index contributed by atoms with van der Waals surface area (Å²) in [5.74, 6) is -6.72. The maximum absolute atomic E-state index is 15.0. The normalized spacial score (nSPS) is 11.3. The fourth-order valence-electron chi connectivity index (χ4n) is 3.90. The van der Waals surface area contributed by atoms with Gasteiger partial charge in [-0.3, -0.25) is 0 Å². The standard InChI is InChI=1S/C24H18F4N2/c1-11-5-12(2)8-15(7-11)23-17-18(20(26)22(28)21(27)19(17)25)24(30-29-23)16-9-13(3)6-14(4)10-16/h5-10H,1-4H3. The molecule has 4 rings (SSSR count). The second-order valence-electron chi connectivity index (χ2n) is 7.66. The first kappa shape index (κ1) is 20.0. The molecule has 30 heavy (non-hydrogen) atoms. The smallest absolute Gasteiger partial charge is 0.198 e. The van der Waals surface area contributed by atoms with Crippen molar-refractivity contribution in [2.75, 3.05) is 0 Å². The van der Waals surface area contributed by atoms with E-state index >= 15 is 0 Å². The quantitative estimate of drug-likeness (QED) is 0.207. The van der Waals surface area contributed by atoms with E-state index in [0.29, 0.717) is 11.1 Å². The van der Waals surface area contributed by atoms with E-state index in [0.717, 1.165) is 22.3 Å². The van der Waals surface area contributed by atoms with Crippen molar-refractivity contribution < 1.29 is 17.6 Å². The van der Waals surface area contributed by atoms with Gasteiger partial charge in [-0.05, 0) is 52.0 Å². The molecule has 3 aromatic carbocycles. The highest BCUT2D eigenvalue weighted by atomic mass is 19.2. The van der Waals surface area contributed by atoms with Gasteiger partial charge in [-0.25, -0.2) is 17.6 Å². The average molecular weight is 410 g/mol. The molecule has 1 heterocycles. The van der Waals surface area contributed by atoms with Crippen molar-refractivity contribution in [3.8, 4) is 22.5 Å². The van der Waals surface area contributed by atoms with E-state index in [4.69, 9.17) is 0 Å². The molecule has 6 heteroatoms. The molecule has 152 valence electrons. The van der Waals surface area contributed by atoms with Crippen molar-refractivity contribution in [1.82, 2.24) is 10.2 Å². The Kier molecular flexibility index (Phi) is 4.80. The molecule has 0 bridgehead atoms. The van der Waals surface area contributed by atoms with Gasteiger partial charge in [0, 0.05) is 11.1 Å². The maximum Gasteiger partial charge on any atom is 0.198 e. The molecule has 4 aromatic rings. The fraction of sp³-hybridized carbons (Fsp3) is 0.167. The van der Waals surface area contributed by atoms with Crippen LogP contribution >= 0.6 is 0 Å². The molecule has 0 radical (unpaired) electrons. The van der Waals surface area contributed by atoms with Gasteiger partial charge in [0.1, 0.15) is 11.4 Å². The predicted molar refractivity (Wildman–Crippen MR) is 109 cm³/mol. The number of hydrogen-bond donors (Lipinski definition) is 0. The average Bonchev–Trinajstić information content (AvgIpc) is 2.68. The molecule has 0 aliphatic carbocycles. The molecular weight excluding hydrogens is 392 g/mol. The van der Waals surface area contributed by atoms with Crippen LogP contribution in [0.2, 0.25) is 0 Å². The third-order valence-electron chi connectivity index (χ3n) is 4.98. The van der Waals surface area contributed by atoms with Crippen LogP contribution in [0.1, 0.15) is 22.3 Å². The third kappa shape index (κ3) is 3.22. The first-order valence-corrected chi connectivity index (χ1v) is 9.37. The van der Waals surface area contributed by atoms with E-state index in [1.54, 1.807) is 24.3 Å². The van der Waals surface area contributed by atoms with Gasteiger partial charge in [-0.15, -0.1) is 10.2 Å². The lowest BCUT2D eigenvalue weighted by Gasteiger charge is -2.14. The molecule has 1 aromatic heterocycles. The van der Waals surface area contributed by atoms with E-state index in [9.17, 15) is 17.6 Å². The second-order valence-corrected chi connectivity index (χ2v) is 7.66. The Hall–Kier alpha value is -3.28. The molecule has 0 fully saturated rings. The summed E-state index contributed by atoms with van der Waals surface area (Å²) in [7, 11) is 0. The van der Waals surface area contributed by atoms with Gasteiger partial charge in [-0.2, -0.15) is 0 Å². The number of rotatable bonds is 2. The molecule has 2 nitrogen and oxygen atoms in total. The molecule has 0 amide bonds. The number of fused-ring (bicyclic) bond motifs is 1. The Bertz CT molecular complexity index is 1190. The fourth-order valence-corrected chi connectivity index (χ4v) is 3.90. The number of aryl methyl sites for hydroxylation is 4. The van der Waals surface area contributed by atoms with Gasteiger partial charge in [0.15, 0.2) is 23.3 Å². The van der Waals surface area contributed by atoms with E-state index in [1.807, 2.05) is 39.8 Å². The number of hydrogen-bond acceptors (Lipinski definition) is 2. The number of halogens is 4. The minimum Gasteiger partial charge on any atom is -0.203 e. The summed E-state index contributed by atoms with van der Waals surface area (Å²) in [5, 5.41) is 7.38. The van der Waals surface area contributed by atoms with Crippen molar-refractivity contribution in [1.29, 1.82) is 0 Å². The largest absolute Gasteiger partial charge is 0.203 e. The van der Waals surface area contributed by atoms with Gasteiger partial charge < -0.3 is 0 Å². The van der Waals surface area contributed by atoms with Crippen LogP contribution < -0.4 is 0 Å². The van der Waals surface area contributed by atoms with Crippen molar-refractivity contribution in [2.24, 2.45) is 0 Å². The Morgan fingerprint density at radius 3 is 1.07 bits per heavy atom. The molecule has 0 aliphatic heterocycles. The van der Waals surface area contributed by atoms with Crippen LogP contribution in [0.15, 0.2) is 36.4 Å². The molecule has 0 atom stereocenters. The molecule has 0 unspecified atom stereocenters. The van der Waals surface area contributed by atoms with E-state index in [2.05, 4.69) is 10.2 Å². The van der Waals surface area contributed by atoms with Crippen LogP contribution in [0.4, 0.5) is 17.6 Å². The summed E-state index contributed by atoms with van der Waals surface area (Å²) in [6.45, 7) is 7.36. The first-order chi connectivity index (χ1) is 14.2. The Morgan fingerprint density at radius 1 is 0.467 bits per heavy atom. The third-order valence-corrected chi connectivity index (χ3v) is 4.98. The minimum absolute atomic E-state index is 0.0415. The van der Waals surface area contributed by atoms with E-state index in [-0.39, 0.29) is 11.4 Å². The highest BCUT2D eigenvalue weighted by Gasteiger charge is 2.27. The van der Waals surface area contributed by atoms with E-state index < -0.39 is 34.0 Å². The number of benzene rings is 3. The van der Waals surface area contributed by atoms with Crippen molar-refractivity contribution in [3.05, 3.63) is 81.9 Å². The lowest BCUT2D eigenvalue weighted by molar-refractivity contribution is 0.418. The highest BCUT2D eigenvalue weighted by molar-refractivity contribution is 6.02. The van der Waals surface area contributed by atoms with Gasteiger partial charge in [0.25, 0.3) is 0 Å². The van der Waals surface area contributed by atoms with Gasteiger partial charge in [-0.1, -0.05) is 34.4 Å². The Balaban J connectivity index is 2.18. The topological polar surface area (TPSA) is 25.8 Å². The molecule has 0 spiro atoms. The van der Waals surface area contributed by atoms with Crippen LogP contribution in [-0.2, 0) is 0 Å². The Labute approximate surface area is 171 Å². The zero-order valence-electron chi connectivity index (χ0n) is 16.9. The summed E-state index contributed by atoms with van der Waals surface area (Å²) in [6, 6.07) is 10.7. The lowest BCUT2D eigenvalue weighted by atomic mass is 9.96. The lowest BCUT2D eigenvalue weighted by Crippen LogP contribution is -2.05. The molecule has 0 saturated carbocycles. The summed E-state index contributed by atoms with van der Waals surface area (Å²) in [5.41, 5.74) is 4.26. The SMILES string of the molecule is Cc1cc(C)cc(-c2nnc(-c3cc(C)cc(C)c3)c3c(F)c(F)c(F)c(F)c23)c1. The van der Waals surface area contributed by atoms with E-state index in [1.165, 1.54) is 0 Å². The minimum atomic E-state index is -1.87. The van der Waals surface area contributed by atoms with Crippen molar-refractivity contribution in [2.45, 2.75) is 27.7 Å². The molecule has 0 N–H and O–H groups in total. The Morgan fingerprint density at radius 2 is 0.767 bits per heavy atom. The van der Waals surface area contributed by atoms with Crippen LogP contribution in [0.5, 0.6) is 0 Å². The monoisotopic (exact) mass is 410 g/mol. The predicted octanol–water partition coefficient (Wildman–Crippen LogP) is 6.75. The first-order valence-electron chi connectivity index (χ1n) is 9.37. The van der Waals surface area contributed by atoms with Gasteiger partial charge >= 0.3 is 0 Å². The molecule has 0 aliphatic rings. The highest BCUT2D eigenvalue weighted by Crippen LogP contribution is 2.38. The zero-order valence-corrected chi connectivity index (χ0v) is 16.9. The van der Waals surface area contributed by atoms with Crippen molar-refractivity contribution in [3.63, 3.8) is 0 Å². The van der Waals surface area contributed by atoms with Crippen LogP contribution in [0.3, 0.4) is 0 Å². The van der Waals surface area contributed by atoms with Crippen LogP contribution in [-0.4, -0.2) is 10.2 Å².